The summed E-state index contributed by atoms with van der Waals surface area (Å²) in [6, 6.07) is 12.2. The van der Waals surface area contributed by atoms with Crippen molar-refractivity contribution in [2.75, 3.05) is 20.1 Å². The monoisotopic (exact) mass is 358 g/mol. The number of hydrogen-bond donors (Lipinski definition) is 1. The number of carbonyl (C=O) groups excluding carboxylic acids is 1. The average molecular weight is 358 g/mol. The average Bonchev–Trinajstić information content (AvgIpc) is 2.88. The maximum Gasteiger partial charge on any atom is 0.285 e. The van der Waals surface area contributed by atoms with Gasteiger partial charge in [0, 0.05) is 37.5 Å². The first kappa shape index (κ1) is 17.1. The smallest absolute Gasteiger partial charge is 0.285 e. The van der Waals surface area contributed by atoms with Gasteiger partial charge in [-0.05, 0) is 24.3 Å². The summed E-state index contributed by atoms with van der Waals surface area (Å²) in [7, 11) is -2.03. The second-order valence-electron chi connectivity index (χ2n) is 5.66. The first-order chi connectivity index (χ1) is 12.0. The van der Waals surface area contributed by atoms with E-state index in [4.69, 9.17) is 0 Å². The number of fused-ring (bicyclic) bond motifs is 1. The molecule has 2 aromatic rings. The highest BCUT2D eigenvalue weighted by molar-refractivity contribution is 7.90. The summed E-state index contributed by atoms with van der Waals surface area (Å²) in [5.41, 5.74) is 1.42. The maximum atomic E-state index is 12.1. The number of carbonyl (C=O) groups is 1. The van der Waals surface area contributed by atoms with Gasteiger partial charge >= 0.3 is 0 Å². The molecule has 25 heavy (non-hydrogen) atoms. The van der Waals surface area contributed by atoms with E-state index in [-0.39, 0.29) is 23.2 Å². The number of likely N-dealkylation sites (N-methyl/N-ethyl adjacent to an activating group) is 1. The zero-order valence-electron chi connectivity index (χ0n) is 13.7. The molecule has 0 atom stereocenters. The first-order valence-electron chi connectivity index (χ1n) is 7.79. The highest BCUT2D eigenvalue weighted by Gasteiger charge is 2.30. The van der Waals surface area contributed by atoms with Crippen molar-refractivity contribution in [3.8, 4) is 0 Å². The number of aromatic nitrogens is 1. The standard InChI is InChI=1S/C17H18N4O3S/c1-21(12-16(22)19-11-9-13-6-4-5-10-18-13)17-14-7-2-3-8-15(14)25(23,24)20-17/h2-8,10H,9,11-12H2,1H3,(H,19,22). The molecule has 3 rings (SSSR count). The molecule has 1 aromatic heterocycles. The van der Waals surface area contributed by atoms with Crippen LogP contribution in [0.15, 0.2) is 58.0 Å². The summed E-state index contributed by atoms with van der Waals surface area (Å²) >= 11 is 0. The third-order valence-corrected chi connectivity index (χ3v) is 5.11. The van der Waals surface area contributed by atoms with Crippen LogP contribution in [-0.4, -0.2) is 50.2 Å². The lowest BCUT2D eigenvalue weighted by Crippen LogP contribution is -2.39. The Labute approximate surface area is 146 Å². The van der Waals surface area contributed by atoms with Crippen LogP contribution in [0.5, 0.6) is 0 Å². The third kappa shape index (κ3) is 3.85. The number of nitrogens with one attached hydrogen (secondary N) is 1. The van der Waals surface area contributed by atoms with Gasteiger partial charge in [-0.25, -0.2) is 0 Å². The second-order valence-corrected chi connectivity index (χ2v) is 7.24. The van der Waals surface area contributed by atoms with Gasteiger partial charge in [-0.1, -0.05) is 18.2 Å². The first-order valence-corrected chi connectivity index (χ1v) is 9.23. The van der Waals surface area contributed by atoms with E-state index in [9.17, 15) is 13.2 Å². The van der Waals surface area contributed by atoms with E-state index >= 15 is 0 Å². The molecular formula is C17H18N4O3S. The number of sulfonamides is 1. The molecule has 0 radical (unpaired) electrons. The van der Waals surface area contributed by atoms with Crippen LogP contribution < -0.4 is 5.32 Å². The molecule has 0 unspecified atom stereocenters. The van der Waals surface area contributed by atoms with Gasteiger partial charge in [-0.2, -0.15) is 8.42 Å². The van der Waals surface area contributed by atoms with Crippen molar-refractivity contribution in [2.45, 2.75) is 11.3 Å². The number of hydrogen-bond acceptors (Lipinski definition) is 5. The van der Waals surface area contributed by atoms with Gasteiger partial charge in [0.1, 0.15) is 4.90 Å². The lowest BCUT2D eigenvalue weighted by molar-refractivity contribution is -0.121. The zero-order valence-corrected chi connectivity index (χ0v) is 14.5. The Balaban J connectivity index is 1.59. The van der Waals surface area contributed by atoms with Crippen molar-refractivity contribution >= 4 is 21.8 Å². The molecule has 1 aromatic carbocycles. The Hall–Kier alpha value is -2.74. The Morgan fingerprint density at radius 1 is 1.16 bits per heavy atom. The Morgan fingerprint density at radius 2 is 1.92 bits per heavy atom. The highest BCUT2D eigenvalue weighted by atomic mass is 32.2. The van der Waals surface area contributed by atoms with E-state index in [0.29, 0.717) is 18.5 Å². The van der Waals surface area contributed by atoms with Crippen LogP contribution in [0.4, 0.5) is 0 Å². The third-order valence-electron chi connectivity index (χ3n) is 3.78. The molecule has 0 saturated heterocycles. The molecule has 8 heteroatoms. The van der Waals surface area contributed by atoms with Gasteiger partial charge < -0.3 is 10.2 Å². The topological polar surface area (TPSA) is 91.7 Å². The van der Waals surface area contributed by atoms with Crippen LogP contribution in [0.2, 0.25) is 0 Å². The predicted octanol–water partition coefficient (Wildman–Crippen LogP) is 0.821. The molecule has 1 N–H and O–H groups in total. The fourth-order valence-corrected chi connectivity index (χ4v) is 3.84. The van der Waals surface area contributed by atoms with Crippen LogP contribution in [0.3, 0.4) is 0 Å². The van der Waals surface area contributed by atoms with Crippen molar-refractivity contribution < 1.29 is 13.2 Å². The highest BCUT2D eigenvalue weighted by Crippen LogP contribution is 2.26. The van der Waals surface area contributed by atoms with Gasteiger partial charge in [-0.15, -0.1) is 4.40 Å². The summed E-state index contributed by atoms with van der Waals surface area (Å²) < 4.78 is 27.9. The molecule has 130 valence electrons. The molecule has 7 nitrogen and oxygen atoms in total. The van der Waals surface area contributed by atoms with Gasteiger partial charge in [0.15, 0.2) is 5.84 Å². The number of pyridine rings is 1. The number of benzene rings is 1. The lowest BCUT2D eigenvalue weighted by Gasteiger charge is -2.18. The quantitative estimate of drug-likeness (QED) is 0.854. The SMILES string of the molecule is CN(CC(=O)NCCc1ccccn1)C1=NS(=O)(=O)c2ccccc21. The molecule has 0 aliphatic carbocycles. The number of rotatable bonds is 5. The minimum Gasteiger partial charge on any atom is -0.354 e. The van der Waals surface area contributed by atoms with E-state index in [2.05, 4.69) is 14.7 Å². The van der Waals surface area contributed by atoms with E-state index < -0.39 is 10.0 Å². The number of nitrogens with zero attached hydrogens (tertiary/aromatic N) is 3. The van der Waals surface area contributed by atoms with Crippen molar-refractivity contribution in [2.24, 2.45) is 4.40 Å². The van der Waals surface area contributed by atoms with E-state index in [1.807, 2.05) is 18.2 Å². The minimum atomic E-state index is -3.68. The minimum absolute atomic E-state index is 0.0188. The normalized spacial score (nSPS) is 14.5. The summed E-state index contributed by atoms with van der Waals surface area (Å²) in [6.07, 6.45) is 2.34. The molecular weight excluding hydrogens is 340 g/mol. The van der Waals surface area contributed by atoms with Crippen LogP contribution >= 0.6 is 0 Å². The summed E-state index contributed by atoms with van der Waals surface area (Å²) in [4.78, 5) is 18.0. The van der Waals surface area contributed by atoms with Crippen LogP contribution in [0.1, 0.15) is 11.3 Å². The lowest BCUT2D eigenvalue weighted by atomic mass is 10.2. The summed E-state index contributed by atoms with van der Waals surface area (Å²) in [5.74, 6) is 0.0818. The van der Waals surface area contributed by atoms with Gasteiger partial charge in [-0.3, -0.25) is 9.78 Å². The molecule has 2 heterocycles. The van der Waals surface area contributed by atoms with E-state index in [0.717, 1.165) is 5.69 Å². The molecule has 0 fully saturated rings. The molecule has 1 aliphatic rings. The zero-order chi connectivity index (χ0) is 17.9. The van der Waals surface area contributed by atoms with Crippen LogP contribution in [-0.2, 0) is 21.2 Å². The fourth-order valence-electron chi connectivity index (χ4n) is 2.59. The van der Waals surface area contributed by atoms with Crippen molar-refractivity contribution in [1.29, 1.82) is 0 Å². The molecule has 0 bridgehead atoms. The Bertz CT molecular complexity index is 911. The Kier molecular flexibility index (Phi) is 4.80. The Morgan fingerprint density at radius 3 is 2.68 bits per heavy atom. The van der Waals surface area contributed by atoms with Crippen molar-refractivity contribution in [3.63, 3.8) is 0 Å². The van der Waals surface area contributed by atoms with Crippen molar-refractivity contribution in [1.82, 2.24) is 15.2 Å². The summed E-state index contributed by atoms with van der Waals surface area (Å²) in [6.45, 7) is 0.482. The van der Waals surface area contributed by atoms with Crippen LogP contribution in [0, 0.1) is 0 Å². The molecule has 1 aliphatic heterocycles. The van der Waals surface area contributed by atoms with Gasteiger partial charge in [0.05, 0.1) is 6.54 Å². The predicted molar refractivity (Wildman–Crippen MR) is 93.7 cm³/mol. The van der Waals surface area contributed by atoms with E-state index in [1.54, 1.807) is 36.3 Å². The molecule has 1 amide bonds. The largest absolute Gasteiger partial charge is 0.354 e. The van der Waals surface area contributed by atoms with E-state index in [1.165, 1.54) is 6.07 Å². The second kappa shape index (κ2) is 7.02. The molecule has 0 spiro atoms. The maximum absolute atomic E-state index is 12.1. The van der Waals surface area contributed by atoms with Gasteiger partial charge in [0.25, 0.3) is 10.0 Å². The number of amides is 1. The summed E-state index contributed by atoms with van der Waals surface area (Å²) in [5, 5.41) is 2.81. The molecule has 0 saturated carbocycles. The van der Waals surface area contributed by atoms with Gasteiger partial charge in [0.2, 0.25) is 5.91 Å². The fraction of sp³-hybridized carbons (Fsp3) is 0.235. The number of amidine groups is 1. The van der Waals surface area contributed by atoms with Crippen molar-refractivity contribution in [3.05, 3.63) is 59.9 Å². The van der Waals surface area contributed by atoms with Crippen LogP contribution in [0.25, 0.3) is 0 Å².